The molecule has 0 bridgehead atoms. The summed E-state index contributed by atoms with van der Waals surface area (Å²) in [5.41, 5.74) is 10.2. The topological polar surface area (TPSA) is 124 Å². The molecule has 5 N–H and O–H groups in total. The van der Waals surface area contributed by atoms with E-state index in [9.17, 15) is 15.0 Å². The number of nitrogens with zero attached hydrogens (tertiary/aromatic N) is 1. The molecule has 0 saturated carbocycles. The van der Waals surface area contributed by atoms with Gasteiger partial charge in [0.2, 0.25) is 11.7 Å². The summed E-state index contributed by atoms with van der Waals surface area (Å²) >= 11 is 0. The van der Waals surface area contributed by atoms with E-state index in [2.05, 4.69) is 28.3 Å². The fourth-order valence-corrected chi connectivity index (χ4v) is 3.43. The Morgan fingerprint density at radius 3 is 2.72 bits per heavy atom. The Morgan fingerprint density at radius 2 is 2.00 bits per heavy atom. The highest BCUT2D eigenvalue weighted by molar-refractivity contribution is 5.82. The number of carbonyl (C=O) groups is 1. The van der Waals surface area contributed by atoms with Crippen molar-refractivity contribution in [2.45, 2.75) is 44.7 Å². The predicted octanol–water partition coefficient (Wildman–Crippen LogP) is 2.73. The van der Waals surface area contributed by atoms with E-state index in [-0.39, 0.29) is 41.7 Å². The second kappa shape index (κ2) is 11.2. The van der Waals surface area contributed by atoms with Crippen molar-refractivity contribution in [2.24, 2.45) is 5.10 Å². The lowest BCUT2D eigenvalue weighted by Gasteiger charge is -2.32. The number of unbranched alkanes of at least 4 members (excludes halogenated alkanes) is 2. The second-order valence-electron chi connectivity index (χ2n) is 7.58. The number of rotatable bonds is 10. The maximum Gasteiger partial charge on any atom is 0.236 e. The SMILES string of the molecule is CCCCCOc1ccc(C2NNC(=O)CC2N/N=C/c2cc(O)c(O)c(OC)c2)cc1. The molecular formula is C23H30N4O5. The largest absolute Gasteiger partial charge is 0.504 e. The zero-order valence-corrected chi connectivity index (χ0v) is 18.3. The molecule has 0 aliphatic carbocycles. The zero-order chi connectivity index (χ0) is 22.9. The molecule has 1 amide bonds. The van der Waals surface area contributed by atoms with Gasteiger partial charge in [-0.3, -0.25) is 10.2 Å². The van der Waals surface area contributed by atoms with Crippen molar-refractivity contribution in [1.29, 1.82) is 0 Å². The smallest absolute Gasteiger partial charge is 0.236 e. The molecule has 3 rings (SSSR count). The van der Waals surface area contributed by atoms with Crippen molar-refractivity contribution in [3.8, 4) is 23.0 Å². The number of aromatic hydroxyl groups is 2. The van der Waals surface area contributed by atoms with Gasteiger partial charge in [-0.15, -0.1) is 0 Å². The zero-order valence-electron chi connectivity index (χ0n) is 18.3. The van der Waals surface area contributed by atoms with Crippen LogP contribution in [-0.2, 0) is 4.79 Å². The highest BCUT2D eigenvalue weighted by Crippen LogP contribution is 2.35. The lowest BCUT2D eigenvalue weighted by molar-refractivity contribution is -0.125. The summed E-state index contributed by atoms with van der Waals surface area (Å²) in [6, 6.07) is 10.2. The third-order valence-corrected chi connectivity index (χ3v) is 5.18. The predicted molar refractivity (Wildman–Crippen MR) is 121 cm³/mol. The molecule has 9 heteroatoms. The van der Waals surface area contributed by atoms with Crippen LogP contribution in [0.2, 0.25) is 0 Å². The van der Waals surface area contributed by atoms with Crippen molar-refractivity contribution < 1.29 is 24.5 Å². The Labute approximate surface area is 187 Å². The van der Waals surface area contributed by atoms with Crippen LogP contribution in [0.1, 0.15) is 49.8 Å². The lowest BCUT2D eigenvalue weighted by atomic mass is 9.96. The van der Waals surface area contributed by atoms with Crippen LogP contribution >= 0.6 is 0 Å². The van der Waals surface area contributed by atoms with E-state index in [1.54, 1.807) is 6.07 Å². The summed E-state index contributed by atoms with van der Waals surface area (Å²) in [5.74, 6) is 0.171. The number of hydrogen-bond acceptors (Lipinski definition) is 8. The number of benzene rings is 2. The van der Waals surface area contributed by atoms with Crippen molar-refractivity contribution in [3.63, 3.8) is 0 Å². The van der Waals surface area contributed by atoms with E-state index in [0.717, 1.165) is 30.6 Å². The molecule has 1 saturated heterocycles. The van der Waals surface area contributed by atoms with Gasteiger partial charge in [-0.2, -0.15) is 5.10 Å². The Balaban J connectivity index is 1.66. The molecule has 1 aliphatic heterocycles. The number of amides is 1. The third kappa shape index (κ3) is 6.04. The van der Waals surface area contributed by atoms with Crippen molar-refractivity contribution in [2.75, 3.05) is 13.7 Å². The quantitative estimate of drug-likeness (QED) is 0.166. The molecule has 1 aliphatic rings. The average molecular weight is 443 g/mol. The van der Waals surface area contributed by atoms with Crippen LogP contribution in [0, 0.1) is 0 Å². The number of carbonyl (C=O) groups excluding carboxylic acids is 1. The van der Waals surface area contributed by atoms with E-state index >= 15 is 0 Å². The van der Waals surface area contributed by atoms with Crippen LogP contribution < -0.4 is 25.8 Å². The van der Waals surface area contributed by atoms with Gasteiger partial charge < -0.3 is 25.1 Å². The maximum atomic E-state index is 11.9. The van der Waals surface area contributed by atoms with Crippen molar-refractivity contribution in [1.82, 2.24) is 16.3 Å². The van der Waals surface area contributed by atoms with Gasteiger partial charge in [0, 0.05) is 5.56 Å². The van der Waals surface area contributed by atoms with Crippen LogP contribution in [0.25, 0.3) is 0 Å². The number of phenolic OH excluding ortho intramolecular Hbond substituents is 2. The van der Waals surface area contributed by atoms with Gasteiger partial charge in [0.05, 0.1) is 38.4 Å². The molecule has 0 aromatic heterocycles. The molecular weight excluding hydrogens is 412 g/mol. The third-order valence-electron chi connectivity index (χ3n) is 5.18. The second-order valence-corrected chi connectivity index (χ2v) is 7.58. The molecule has 9 nitrogen and oxygen atoms in total. The Kier molecular flexibility index (Phi) is 8.15. The summed E-state index contributed by atoms with van der Waals surface area (Å²) in [5, 5.41) is 23.8. The summed E-state index contributed by atoms with van der Waals surface area (Å²) in [6.45, 7) is 2.85. The van der Waals surface area contributed by atoms with E-state index < -0.39 is 0 Å². The van der Waals surface area contributed by atoms with E-state index in [4.69, 9.17) is 9.47 Å². The number of nitrogens with one attached hydrogen (secondary N) is 3. The van der Waals surface area contributed by atoms with Crippen LogP contribution in [0.4, 0.5) is 0 Å². The fraction of sp³-hybridized carbons (Fsp3) is 0.391. The highest BCUT2D eigenvalue weighted by Gasteiger charge is 2.30. The molecule has 32 heavy (non-hydrogen) atoms. The fourth-order valence-electron chi connectivity index (χ4n) is 3.43. The maximum absolute atomic E-state index is 11.9. The van der Waals surface area contributed by atoms with E-state index in [1.165, 1.54) is 19.4 Å². The molecule has 2 aromatic rings. The van der Waals surface area contributed by atoms with Crippen LogP contribution in [0.15, 0.2) is 41.5 Å². The van der Waals surface area contributed by atoms with Gasteiger partial charge >= 0.3 is 0 Å². The summed E-state index contributed by atoms with van der Waals surface area (Å²) in [7, 11) is 1.39. The summed E-state index contributed by atoms with van der Waals surface area (Å²) < 4.78 is 10.8. The van der Waals surface area contributed by atoms with E-state index in [1.807, 2.05) is 24.3 Å². The Hall–Kier alpha value is -3.46. The van der Waals surface area contributed by atoms with Gasteiger partial charge in [-0.05, 0) is 36.2 Å². The molecule has 2 unspecified atom stereocenters. The van der Waals surface area contributed by atoms with Gasteiger partial charge in [-0.25, -0.2) is 5.43 Å². The number of ether oxygens (including phenoxy) is 2. The monoisotopic (exact) mass is 442 g/mol. The molecule has 1 fully saturated rings. The number of hydrazone groups is 1. The van der Waals surface area contributed by atoms with E-state index in [0.29, 0.717) is 12.2 Å². The van der Waals surface area contributed by atoms with Gasteiger partial charge in [0.1, 0.15) is 5.75 Å². The first-order valence-corrected chi connectivity index (χ1v) is 10.7. The molecule has 0 spiro atoms. The Bertz CT molecular complexity index is 933. The highest BCUT2D eigenvalue weighted by atomic mass is 16.5. The molecule has 0 radical (unpaired) electrons. The van der Waals surface area contributed by atoms with Crippen LogP contribution in [0.5, 0.6) is 23.0 Å². The summed E-state index contributed by atoms with van der Waals surface area (Å²) in [6.07, 6.45) is 5.05. The molecule has 2 atom stereocenters. The first-order chi connectivity index (χ1) is 15.5. The lowest BCUT2D eigenvalue weighted by Crippen LogP contribution is -2.55. The number of hydrogen-bond donors (Lipinski definition) is 5. The molecule has 172 valence electrons. The Morgan fingerprint density at radius 1 is 1.22 bits per heavy atom. The van der Waals surface area contributed by atoms with Crippen molar-refractivity contribution >= 4 is 12.1 Å². The molecule has 2 aromatic carbocycles. The minimum absolute atomic E-state index is 0.139. The van der Waals surface area contributed by atoms with Crippen molar-refractivity contribution in [3.05, 3.63) is 47.5 Å². The minimum atomic E-state index is -0.330. The summed E-state index contributed by atoms with van der Waals surface area (Å²) in [4.78, 5) is 11.9. The number of hydrazine groups is 1. The molecule has 1 heterocycles. The average Bonchev–Trinajstić information content (AvgIpc) is 2.79. The standard InChI is InChI=1S/C23H30N4O5/c1-3-4-5-10-32-17-8-6-16(7-9-17)22-18(13-21(29)26-27-22)25-24-14-15-11-19(28)23(30)20(12-15)31-2/h6-9,11-12,14,18,22,25,27-28,30H,3-5,10,13H2,1-2H3,(H,26,29)/b24-14+. The van der Waals surface area contributed by atoms with Crippen LogP contribution in [0.3, 0.4) is 0 Å². The number of methoxy groups -OCH3 is 1. The van der Waals surface area contributed by atoms with Gasteiger partial charge in [0.25, 0.3) is 0 Å². The number of phenols is 2. The first kappa shape index (κ1) is 23.2. The van der Waals surface area contributed by atoms with Crippen LogP contribution in [-0.4, -0.2) is 42.1 Å². The normalized spacial score (nSPS) is 18.4. The van der Waals surface area contributed by atoms with Gasteiger partial charge in [0.15, 0.2) is 11.5 Å². The first-order valence-electron chi connectivity index (χ1n) is 10.7. The van der Waals surface area contributed by atoms with Gasteiger partial charge in [-0.1, -0.05) is 31.9 Å². The minimum Gasteiger partial charge on any atom is -0.504 e.